The molecule has 1 aromatic carbocycles. The molecule has 0 unspecified atom stereocenters. The van der Waals surface area contributed by atoms with E-state index in [4.69, 9.17) is 14.9 Å². The number of nitrogen functional groups attached to an aromatic ring is 1. The molecule has 2 aromatic rings. The number of ether oxygens (including phenoxy) is 1. The fraction of sp³-hybridized carbons (Fsp3) is 0.300. The molecule has 0 spiro atoms. The zero-order valence-electron chi connectivity index (χ0n) is 9.21. The van der Waals surface area contributed by atoms with Crippen molar-refractivity contribution in [3.05, 3.63) is 18.2 Å². The van der Waals surface area contributed by atoms with Crippen molar-refractivity contribution in [2.45, 2.75) is 5.22 Å². The summed E-state index contributed by atoms with van der Waals surface area (Å²) in [7, 11) is -2.11. The molecule has 0 atom stereocenters. The van der Waals surface area contributed by atoms with Gasteiger partial charge in [0.25, 0.3) is 0 Å². The Morgan fingerprint density at radius 1 is 1.47 bits per heavy atom. The second-order valence-electron chi connectivity index (χ2n) is 3.52. The van der Waals surface area contributed by atoms with E-state index in [1.54, 1.807) is 12.1 Å². The predicted molar refractivity (Wildman–Crippen MR) is 62.4 cm³/mol. The van der Waals surface area contributed by atoms with Crippen LogP contribution in [0.1, 0.15) is 0 Å². The maximum Gasteiger partial charge on any atom is 0.316 e. The lowest BCUT2D eigenvalue weighted by molar-refractivity contribution is 0.216. The summed E-state index contributed by atoms with van der Waals surface area (Å²) in [5.41, 5.74) is 6.89. The molecule has 0 aliphatic carbocycles. The maximum atomic E-state index is 11.8. The van der Waals surface area contributed by atoms with Crippen molar-refractivity contribution in [1.29, 1.82) is 0 Å². The number of sulfone groups is 1. The highest BCUT2D eigenvalue weighted by Gasteiger charge is 2.21. The number of hydrogen-bond acceptors (Lipinski definition) is 6. The van der Waals surface area contributed by atoms with Gasteiger partial charge in [-0.25, -0.2) is 8.42 Å². The number of nitrogens with two attached hydrogens (primary N) is 1. The molecule has 0 saturated heterocycles. The first-order valence-electron chi connectivity index (χ1n) is 4.91. The quantitative estimate of drug-likeness (QED) is 0.814. The standard InChI is InChI=1S/C10H12N2O4S/c1-15-4-5-17(13,14)10-12-8-3-2-7(11)6-9(8)16-10/h2-3,6H,4-5,11H2,1H3. The average molecular weight is 256 g/mol. The van der Waals surface area contributed by atoms with Gasteiger partial charge in [-0.05, 0) is 12.1 Å². The lowest BCUT2D eigenvalue weighted by Crippen LogP contribution is -2.11. The monoisotopic (exact) mass is 256 g/mol. The Hall–Kier alpha value is -1.60. The summed E-state index contributed by atoms with van der Waals surface area (Å²) in [4.78, 5) is 3.91. The van der Waals surface area contributed by atoms with E-state index in [0.717, 1.165) is 0 Å². The predicted octanol–water partition coefficient (Wildman–Crippen LogP) is 0.830. The van der Waals surface area contributed by atoms with Crippen molar-refractivity contribution in [2.75, 3.05) is 25.2 Å². The molecule has 0 aliphatic rings. The highest BCUT2D eigenvalue weighted by Crippen LogP contribution is 2.21. The SMILES string of the molecule is COCCS(=O)(=O)c1nc2ccc(N)cc2o1. The summed E-state index contributed by atoms with van der Waals surface area (Å²) in [6, 6.07) is 4.79. The van der Waals surface area contributed by atoms with Gasteiger partial charge in [0.2, 0.25) is 9.84 Å². The van der Waals surface area contributed by atoms with Crippen LogP contribution in [0.2, 0.25) is 0 Å². The zero-order valence-corrected chi connectivity index (χ0v) is 10.0. The van der Waals surface area contributed by atoms with Gasteiger partial charge in [0, 0.05) is 18.9 Å². The van der Waals surface area contributed by atoms with Crippen LogP contribution in [0.25, 0.3) is 11.1 Å². The number of rotatable bonds is 4. The van der Waals surface area contributed by atoms with Crippen LogP contribution in [-0.4, -0.2) is 32.9 Å². The third-order valence-electron chi connectivity index (χ3n) is 2.22. The largest absolute Gasteiger partial charge is 0.428 e. The van der Waals surface area contributed by atoms with E-state index in [-0.39, 0.29) is 17.6 Å². The number of aromatic nitrogens is 1. The molecule has 1 heterocycles. The van der Waals surface area contributed by atoms with Crippen LogP contribution in [0.5, 0.6) is 0 Å². The Balaban J connectivity index is 2.43. The molecule has 2 N–H and O–H groups in total. The van der Waals surface area contributed by atoms with Crippen molar-refractivity contribution in [2.24, 2.45) is 0 Å². The van der Waals surface area contributed by atoms with Crippen LogP contribution < -0.4 is 5.73 Å². The Bertz CT molecular complexity index is 633. The molecule has 0 saturated carbocycles. The first kappa shape index (κ1) is 11.9. The number of nitrogens with zero attached hydrogens (tertiary/aromatic N) is 1. The molecule has 7 heteroatoms. The van der Waals surface area contributed by atoms with Gasteiger partial charge < -0.3 is 14.9 Å². The minimum atomic E-state index is -3.54. The first-order valence-corrected chi connectivity index (χ1v) is 6.56. The van der Waals surface area contributed by atoms with E-state index < -0.39 is 9.84 Å². The Labute approximate surface area is 98.3 Å². The van der Waals surface area contributed by atoms with Crippen molar-refractivity contribution >= 4 is 26.6 Å². The molecule has 2 rings (SSSR count). The van der Waals surface area contributed by atoms with E-state index in [1.165, 1.54) is 13.2 Å². The fourth-order valence-corrected chi connectivity index (χ4v) is 2.35. The summed E-state index contributed by atoms with van der Waals surface area (Å²) in [5.74, 6) is -0.161. The van der Waals surface area contributed by atoms with E-state index >= 15 is 0 Å². The summed E-state index contributed by atoms with van der Waals surface area (Å²) in [6.45, 7) is 0.100. The van der Waals surface area contributed by atoms with Gasteiger partial charge in [0.15, 0.2) is 5.58 Å². The number of oxazole rings is 1. The van der Waals surface area contributed by atoms with Gasteiger partial charge in [-0.15, -0.1) is 0 Å². The number of fused-ring (bicyclic) bond motifs is 1. The topological polar surface area (TPSA) is 95.4 Å². The molecule has 0 radical (unpaired) electrons. The van der Waals surface area contributed by atoms with Gasteiger partial charge >= 0.3 is 5.22 Å². The Kier molecular flexibility index (Phi) is 3.03. The van der Waals surface area contributed by atoms with Crippen LogP contribution in [-0.2, 0) is 14.6 Å². The van der Waals surface area contributed by atoms with E-state index in [9.17, 15) is 8.42 Å². The van der Waals surface area contributed by atoms with E-state index in [0.29, 0.717) is 16.8 Å². The summed E-state index contributed by atoms with van der Waals surface area (Å²) in [5, 5.41) is -0.296. The number of anilines is 1. The number of hydrogen-bond donors (Lipinski definition) is 1. The molecule has 0 bridgehead atoms. The van der Waals surface area contributed by atoms with Gasteiger partial charge in [-0.3, -0.25) is 0 Å². The van der Waals surface area contributed by atoms with Gasteiger partial charge in [0.1, 0.15) is 5.52 Å². The minimum absolute atomic E-state index is 0.100. The summed E-state index contributed by atoms with van der Waals surface area (Å²) < 4.78 is 33.5. The highest BCUT2D eigenvalue weighted by atomic mass is 32.2. The second kappa shape index (κ2) is 4.34. The van der Waals surface area contributed by atoms with Gasteiger partial charge in [0.05, 0.1) is 12.4 Å². The molecular formula is C10H12N2O4S. The lowest BCUT2D eigenvalue weighted by atomic mass is 10.3. The molecule has 1 aromatic heterocycles. The number of benzene rings is 1. The van der Waals surface area contributed by atoms with Crippen LogP contribution in [0.15, 0.2) is 27.8 Å². The Morgan fingerprint density at radius 3 is 2.94 bits per heavy atom. The highest BCUT2D eigenvalue weighted by molar-refractivity contribution is 7.91. The van der Waals surface area contributed by atoms with E-state index in [1.807, 2.05) is 0 Å². The van der Waals surface area contributed by atoms with Gasteiger partial charge in [-0.2, -0.15) is 4.98 Å². The van der Waals surface area contributed by atoms with Gasteiger partial charge in [-0.1, -0.05) is 0 Å². The molecule has 17 heavy (non-hydrogen) atoms. The van der Waals surface area contributed by atoms with Crippen LogP contribution in [0.3, 0.4) is 0 Å². The molecular weight excluding hydrogens is 244 g/mol. The lowest BCUT2D eigenvalue weighted by Gasteiger charge is -1.97. The summed E-state index contributed by atoms with van der Waals surface area (Å²) >= 11 is 0. The second-order valence-corrected chi connectivity index (χ2v) is 5.51. The molecule has 6 nitrogen and oxygen atoms in total. The van der Waals surface area contributed by atoms with Crippen LogP contribution >= 0.6 is 0 Å². The molecule has 92 valence electrons. The smallest absolute Gasteiger partial charge is 0.316 e. The van der Waals surface area contributed by atoms with Crippen molar-refractivity contribution < 1.29 is 17.6 Å². The molecule has 0 fully saturated rings. The third kappa shape index (κ3) is 2.40. The normalized spacial score (nSPS) is 12.1. The molecule has 0 amide bonds. The average Bonchev–Trinajstić information content (AvgIpc) is 2.70. The van der Waals surface area contributed by atoms with Crippen molar-refractivity contribution in [3.63, 3.8) is 0 Å². The van der Waals surface area contributed by atoms with Crippen molar-refractivity contribution in [3.8, 4) is 0 Å². The minimum Gasteiger partial charge on any atom is -0.428 e. The maximum absolute atomic E-state index is 11.8. The third-order valence-corrected chi connectivity index (χ3v) is 3.63. The molecule has 0 aliphatic heterocycles. The van der Waals surface area contributed by atoms with Crippen LogP contribution in [0, 0.1) is 0 Å². The number of methoxy groups -OCH3 is 1. The van der Waals surface area contributed by atoms with Crippen molar-refractivity contribution in [1.82, 2.24) is 4.98 Å². The fourth-order valence-electron chi connectivity index (χ4n) is 1.33. The Morgan fingerprint density at radius 2 is 2.24 bits per heavy atom. The first-order chi connectivity index (χ1) is 8.03. The zero-order chi connectivity index (χ0) is 12.5. The summed E-state index contributed by atoms with van der Waals surface area (Å²) in [6.07, 6.45) is 0. The van der Waals surface area contributed by atoms with E-state index in [2.05, 4.69) is 4.98 Å². The van der Waals surface area contributed by atoms with Crippen LogP contribution in [0.4, 0.5) is 5.69 Å².